The van der Waals surface area contributed by atoms with Crippen molar-refractivity contribution in [2.24, 2.45) is 5.41 Å². The van der Waals surface area contributed by atoms with Gasteiger partial charge in [0.2, 0.25) is 5.91 Å². The number of alkyl halides is 6. The van der Waals surface area contributed by atoms with Crippen LogP contribution in [0.3, 0.4) is 0 Å². The number of nitrogens with one attached hydrogen (secondary N) is 1. The lowest BCUT2D eigenvalue weighted by molar-refractivity contribution is -0.130. The molecule has 0 fully saturated rings. The summed E-state index contributed by atoms with van der Waals surface area (Å²) in [7, 11) is -13.6. The van der Waals surface area contributed by atoms with Crippen molar-refractivity contribution in [1.82, 2.24) is 5.32 Å². The molecule has 0 saturated carbocycles. The third kappa shape index (κ3) is 5.90. The Morgan fingerprint density at radius 3 is 1.68 bits per heavy atom. The molecule has 1 unspecified atom stereocenters. The maximum Gasteiger partial charge on any atom is 0.498 e. The number of amides is 1. The molecule has 0 aliphatic rings. The summed E-state index contributed by atoms with van der Waals surface area (Å²) in [6, 6.07) is 4.78. The highest BCUT2D eigenvalue weighted by Gasteiger charge is 2.63. The fourth-order valence-electron chi connectivity index (χ4n) is 2.39. The van der Waals surface area contributed by atoms with Gasteiger partial charge < -0.3 is 5.32 Å². The lowest BCUT2D eigenvalue weighted by Gasteiger charge is -2.29. The fourth-order valence-corrected chi connectivity index (χ4v) is 5.87. The molecule has 0 radical (unpaired) electrons. The van der Waals surface area contributed by atoms with Crippen LogP contribution in [0.5, 0.6) is 0 Å². The predicted molar refractivity (Wildman–Crippen MR) is 99.8 cm³/mol. The first-order valence-corrected chi connectivity index (χ1v) is 11.8. The highest BCUT2D eigenvalue weighted by atomic mass is 32.3. The van der Waals surface area contributed by atoms with E-state index in [2.05, 4.69) is 5.32 Å². The second kappa shape index (κ2) is 8.96. The summed E-state index contributed by atoms with van der Waals surface area (Å²) in [6.45, 7) is 4.49. The molecule has 1 rings (SSSR count). The van der Waals surface area contributed by atoms with Crippen LogP contribution in [0.2, 0.25) is 0 Å². The second-order valence-corrected chi connectivity index (χ2v) is 11.9. The highest BCUT2D eigenvalue weighted by molar-refractivity contribution is 8.09. The van der Waals surface area contributed by atoms with Gasteiger partial charge in [-0.3, -0.25) is 4.79 Å². The molecule has 1 amide bonds. The number of hydrogen-bond acceptors (Lipinski definition) is 5. The van der Waals surface area contributed by atoms with Crippen LogP contribution < -0.4 is 5.32 Å². The average molecular weight is 497 g/mol. The molecule has 14 heteroatoms. The molecule has 1 N–H and O–H groups in total. The Labute approximate surface area is 175 Å². The molecule has 0 aliphatic heterocycles. The molecule has 0 aliphatic carbocycles. The third-order valence-corrected chi connectivity index (χ3v) is 9.35. The molecular formula is C17H21F6NO5S2. The number of hydrogen-bond donors (Lipinski definition) is 1. The summed E-state index contributed by atoms with van der Waals surface area (Å²) in [6.07, 6.45) is -1.47. The first-order valence-electron chi connectivity index (χ1n) is 8.75. The molecule has 0 saturated heterocycles. The van der Waals surface area contributed by atoms with Gasteiger partial charge in [-0.25, -0.2) is 16.8 Å². The summed E-state index contributed by atoms with van der Waals surface area (Å²) in [5.41, 5.74) is -13.7. The largest absolute Gasteiger partial charge is 0.498 e. The van der Waals surface area contributed by atoms with E-state index in [-0.39, 0.29) is 12.0 Å². The summed E-state index contributed by atoms with van der Waals surface area (Å²) in [4.78, 5) is 12.5. The van der Waals surface area contributed by atoms with E-state index in [1.807, 2.05) is 0 Å². The molecule has 178 valence electrons. The zero-order valence-electron chi connectivity index (χ0n) is 16.6. The minimum absolute atomic E-state index is 0.0671. The van der Waals surface area contributed by atoms with Gasteiger partial charge in [-0.1, -0.05) is 51.1 Å². The SMILES string of the molecule is CCC(C)(C)C(=O)NC(CC(S(=O)(=O)C(F)(F)F)S(=O)(=O)C(F)(F)F)c1ccccc1. The van der Waals surface area contributed by atoms with Crippen LogP contribution in [0.1, 0.15) is 45.2 Å². The van der Waals surface area contributed by atoms with Gasteiger partial charge in [0.25, 0.3) is 19.7 Å². The first-order chi connectivity index (χ1) is 13.8. The van der Waals surface area contributed by atoms with Crippen molar-refractivity contribution in [3.63, 3.8) is 0 Å². The van der Waals surface area contributed by atoms with Crippen molar-refractivity contribution >= 4 is 25.6 Å². The number of carbonyl (C=O) groups is 1. The highest BCUT2D eigenvalue weighted by Crippen LogP contribution is 2.40. The van der Waals surface area contributed by atoms with Gasteiger partial charge in [0.1, 0.15) is 0 Å². The summed E-state index contributed by atoms with van der Waals surface area (Å²) >= 11 is 0. The molecule has 1 atom stereocenters. The minimum Gasteiger partial charge on any atom is -0.349 e. The summed E-state index contributed by atoms with van der Waals surface area (Å²) in [5.74, 6) is -0.809. The maximum atomic E-state index is 13.1. The number of sulfone groups is 2. The lowest BCUT2D eigenvalue weighted by atomic mass is 9.88. The maximum absolute atomic E-state index is 13.1. The Hall–Kier alpha value is -1.83. The van der Waals surface area contributed by atoms with E-state index < -0.39 is 59.1 Å². The van der Waals surface area contributed by atoms with E-state index in [9.17, 15) is 48.0 Å². The van der Waals surface area contributed by atoms with Crippen LogP contribution in [-0.4, -0.2) is 38.3 Å². The number of benzene rings is 1. The minimum atomic E-state index is -6.82. The van der Waals surface area contributed by atoms with Crippen molar-refractivity contribution in [3.05, 3.63) is 35.9 Å². The molecule has 0 heterocycles. The Morgan fingerprint density at radius 2 is 1.32 bits per heavy atom. The number of halogens is 6. The topological polar surface area (TPSA) is 97.4 Å². The van der Waals surface area contributed by atoms with Crippen LogP contribution in [-0.2, 0) is 24.5 Å². The monoisotopic (exact) mass is 497 g/mol. The standard InChI is InChI=1S/C17H21F6NO5S2/c1-4-15(2,3)14(25)24-12(11-8-6-5-7-9-11)10-13(30(26,27)16(18,19)20)31(28,29)17(21,22)23/h5-9,12-13H,4,10H2,1-3H3,(H,24,25). The van der Waals surface area contributed by atoms with E-state index in [0.29, 0.717) is 0 Å². The normalized spacial score (nSPS) is 15.0. The molecule has 0 bridgehead atoms. The second-order valence-electron chi connectivity index (χ2n) is 7.32. The zero-order chi connectivity index (χ0) is 24.5. The van der Waals surface area contributed by atoms with E-state index in [1.165, 1.54) is 44.2 Å². The molecule has 6 nitrogen and oxygen atoms in total. The van der Waals surface area contributed by atoms with Crippen molar-refractivity contribution in [2.75, 3.05) is 0 Å². The van der Waals surface area contributed by atoms with Crippen LogP contribution in [0.25, 0.3) is 0 Å². The van der Waals surface area contributed by atoms with Crippen LogP contribution in [0.4, 0.5) is 26.3 Å². The Kier molecular flexibility index (Phi) is 7.86. The van der Waals surface area contributed by atoms with Gasteiger partial charge in [0, 0.05) is 11.8 Å². The van der Waals surface area contributed by atoms with Crippen molar-refractivity contribution in [2.45, 2.75) is 55.3 Å². The summed E-state index contributed by atoms with van der Waals surface area (Å²) in [5, 5.41) is 2.20. The molecule has 1 aromatic rings. The molecule has 0 aromatic heterocycles. The van der Waals surface area contributed by atoms with Crippen LogP contribution in [0.15, 0.2) is 30.3 Å². The van der Waals surface area contributed by atoms with Gasteiger partial charge in [-0.05, 0) is 12.0 Å². The van der Waals surface area contributed by atoms with Gasteiger partial charge in [-0.15, -0.1) is 0 Å². The van der Waals surface area contributed by atoms with Crippen LogP contribution in [0, 0.1) is 5.41 Å². The quantitative estimate of drug-likeness (QED) is 0.550. The smallest absolute Gasteiger partial charge is 0.349 e. The van der Waals surface area contributed by atoms with Gasteiger partial charge in [-0.2, -0.15) is 26.3 Å². The zero-order valence-corrected chi connectivity index (χ0v) is 18.2. The van der Waals surface area contributed by atoms with Crippen molar-refractivity contribution < 1.29 is 48.0 Å². The first kappa shape index (κ1) is 27.2. The Bertz CT molecular complexity index is 942. The Morgan fingerprint density at radius 1 is 0.903 bits per heavy atom. The average Bonchev–Trinajstić information content (AvgIpc) is 2.63. The number of carbonyl (C=O) groups excluding carboxylic acids is 1. The fraction of sp³-hybridized carbons (Fsp3) is 0.588. The number of rotatable bonds is 8. The molecular weight excluding hydrogens is 476 g/mol. The van der Waals surface area contributed by atoms with Crippen LogP contribution >= 0.6 is 0 Å². The van der Waals surface area contributed by atoms with E-state index >= 15 is 0 Å². The third-order valence-electron chi connectivity index (χ3n) is 4.77. The van der Waals surface area contributed by atoms with E-state index in [1.54, 1.807) is 6.92 Å². The van der Waals surface area contributed by atoms with E-state index in [4.69, 9.17) is 0 Å². The van der Waals surface area contributed by atoms with Crippen molar-refractivity contribution in [3.8, 4) is 0 Å². The predicted octanol–water partition coefficient (Wildman–Crippen LogP) is 3.87. The van der Waals surface area contributed by atoms with E-state index in [0.717, 1.165) is 0 Å². The van der Waals surface area contributed by atoms with Gasteiger partial charge in [0.15, 0.2) is 4.58 Å². The Balaban J connectivity index is 3.63. The molecule has 1 aromatic carbocycles. The molecule has 31 heavy (non-hydrogen) atoms. The lowest BCUT2D eigenvalue weighted by Crippen LogP contribution is -2.48. The van der Waals surface area contributed by atoms with Crippen molar-refractivity contribution in [1.29, 1.82) is 0 Å². The summed E-state index contributed by atoms with van der Waals surface area (Å²) < 4.78 is 122. The molecule has 0 spiro atoms. The van der Waals surface area contributed by atoms with Gasteiger partial charge in [0.05, 0.1) is 6.04 Å². The van der Waals surface area contributed by atoms with Gasteiger partial charge >= 0.3 is 11.0 Å².